The molecule has 2 N–H and O–H groups in total. The third kappa shape index (κ3) is 2.95. The molecule has 1 amide bonds. The number of fused-ring (bicyclic) bond motifs is 2. The smallest absolute Gasteiger partial charge is 0.224 e. The van der Waals surface area contributed by atoms with Gasteiger partial charge in [-0.15, -0.1) is 0 Å². The zero-order valence-corrected chi connectivity index (χ0v) is 11.4. The second-order valence-corrected chi connectivity index (χ2v) is 5.92. The third-order valence-electron chi connectivity index (χ3n) is 4.36. The lowest BCUT2D eigenvalue weighted by atomic mass is 9.89. The van der Waals surface area contributed by atoms with Crippen molar-refractivity contribution in [1.29, 1.82) is 0 Å². The summed E-state index contributed by atoms with van der Waals surface area (Å²) >= 11 is 0. The Morgan fingerprint density at radius 3 is 2.84 bits per heavy atom. The van der Waals surface area contributed by atoms with Crippen molar-refractivity contribution in [1.82, 2.24) is 10.3 Å². The Kier molecular flexibility index (Phi) is 3.51. The summed E-state index contributed by atoms with van der Waals surface area (Å²) in [5, 5.41) is 6.60. The highest BCUT2D eigenvalue weighted by atomic mass is 16.1. The van der Waals surface area contributed by atoms with Crippen LogP contribution in [0, 0.1) is 12.8 Å². The van der Waals surface area contributed by atoms with Gasteiger partial charge in [0.15, 0.2) is 0 Å². The maximum atomic E-state index is 12.1. The van der Waals surface area contributed by atoms with E-state index in [-0.39, 0.29) is 5.91 Å². The number of anilines is 1. The normalized spacial score (nSPS) is 29.2. The van der Waals surface area contributed by atoms with Crippen LogP contribution < -0.4 is 10.6 Å². The second kappa shape index (κ2) is 5.29. The predicted octanol–water partition coefficient (Wildman–Crippen LogP) is 2.25. The van der Waals surface area contributed by atoms with Crippen molar-refractivity contribution in [2.45, 2.75) is 51.1 Å². The van der Waals surface area contributed by atoms with Crippen LogP contribution in [0.25, 0.3) is 0 Å². The molecule has 2 saturated heterocycles. The molecule has 4 nitrogen and oxygen atoms in total. The van der Waals surface area contributed by atoms with Crippen LogP contribution in [-0.4, -0.2) is 23.0 Å². The van der Waals surface area contributed by atoms with Gasteiger partial charge in [-0.25, -0.2) is 0 Å². The molecular weight excluding hydrogens is 238 g/mol. The Hall–Kier alpha value is -1.42. The molecule has 0 aliphatic carbocycles. The van der Waals surface area contributed by atoms with E-state index in [0.717, 1.165) is 24.1 Å². The average molecular weight is 259 g/mol. The highest BCUT2D eigenvalue weighted by Gasteiger charge is 2.34. The number of aryl methyl sites for hydroxylation is 1. The molecule has 2 aliphatic rings. The fourth-order valence-electron chi connectivity index (χ4n) is 3.40. The first-order valence-corrected chi connectivity index (χ1v) is 7.17. The average Bonchev–Trinajstić information content (AvgIpc) is 2.72. The van der Waals surface area contributed by atoms with E-state index >= 15 is 0 Å². The number of piperidine rings is 1. The lowest BCUT2D eigenvalue weighted by molar-refractivity contribution is -0.117. The summed E-state index contributed by atoms with van der Waals surface area (Å²) in [5.74, 6) is 0.665. The number of hydrogen-bond acceptors (Lipinski definition) is 3. The van der Waals surface area contributed by atoms with Crippen LogP contribution in [-0.2, 0) is 4.79 Å². The molecule has 0 saturated carbocycles. The molecule has 0 spiro atoms. The molecule has 19 heavy (non-hydrogen) atoms. The number of rotatable bonds is 3. The van der Waals surface area contributed by atoms with E-state index in [1.54, 1.807) is 12.4 Å². The van der Waals surface area contributed by atoms with Gasteiger partial charge >= 0.3 is 0 Å². The minimum absolute atomic E-state index is 0.127. The molecular formula is C15H21N3O. The van der Waals surface area contributed by atoms with Gasteiger partial charge in [-0.3, -0.25) is 9.78 Å². The summed E-state index contributed by atoms with van der Waals surface area (Å²) < 4.78 is 0. The molecule has 4 heteroatoms. The Labute approximate surface area is 114 Å². The van der Waals surface area contributed by atoms with Gasteiger partial charge in [0.1, 0.15) is 0 Å². The molecule has 2 fully saturated rings. The molecule has 3 heterocycles. The molecule has 3 rings (SSSR count). The molecule has 102 valence electrons. The predicted molar refractivity (Wildman–Crippen MR) is 74.9 cm³/mol. The minimum Gasteiger partial charge on any atom is -0.325 e. The molecule has 0 radical (unpaired) electrons. The number of aromatic nitrogens is 1. The lowest BCUT2D eigenvalue weighted by Gasteiger charge is -2.28. The number of nitrogens with zero attached hydrogens (tertiary/aromatic N) is 1. The summed E-state index contributed by atoms with van der Waals surface area (Å²) in [6.45, 7) is 1.99. The zero-order chi connectivity index (χ0) is 13.2. The van der Waals surface area contributed by atoms with Gasteiger partial charge in [-0.2, -0.15) is 0 Å². The second-order valence-electron chi connectivity index (χ2n) is 5.92. The van der Waals surface area contributed by atoms with Crippen molar-refractivity contribution < 1.29 is 4.79 Å². The van der Waals surface area contributed by atoms with E-state index in [2.05, 4.69) is 15.6 Å². The number of pyridine rings is 1. The number of amides is 1. The topological polar surface area (TPSA) is 54.0 Å². The fraction of sp³-hybridized carbons (Fsp3) is 0.600. The summed E-state index contributed by atoms with van der Waals surface area (Å²) in [5.41, 5.74) is 1.90. The van der Waals surface area contributed by atoms with Crippen molar-refractivity contribution in [2.24, 2.45) is 5.92 Å². The SMILES string of the molecule is Cc1ccncc1NC(=O)CC1CC2CCC(C1)N2. The van der Waals surface area contributed by atoms with E-state index in [4.69, 9.17) is 0 Å². The first kappa shape index (κ1) is 12.6. The van der Waals surface area contributed by atoms with Crippen molar-refractivity contribution in [3.05, 3.63) is 24.0 Å². The fourth-order valence-corrected chi connectivity index (χ4v) is 3.40. The van der Waals surface area contributed by atoms with E-state index in [1.165, 1.54) is 12.8 Å². The van der Waals surface area contributed by atoms with Crippen molar-refractivity contribution in [2.75, 3.05) is 5.32 Å². The first-order valence-electron chi connectivity index (χ1n) is 7.17. The Balaban J connectivity index is 1.56. The summed E-state index contributed by atoms with van der Waals surface area (Å²) in [6, 6.07) is 3.22. The monoisotopic (exact) mass is 259 g/mol. The van der Waals surface area contributed by atoms with Crippen LogP contribution in [0.3, 0.4) is 0 Å². The minimum atomic E-state index is 0.127. The molecule has 2 bridgehead atoms. The van der Waals surface area contributed by atoms with Crippen LogP contribution in [0.1, 0.15) is 37.7 Å². The molecule has 2 aliphatic heterocycles. The van der Waals surface area contributed by atoms with Crippen LogP contribution in [0.15, 0.2) is 18.5 Å². The quantitative estimate of drug-likeness (QED) is 0.875. The van der Waals surface area contributed by atoms with E-state index in [9.17, 15) is 4.79 Å². The van der Waals surface area contributed by atoms with Gasteiger partial charge in [0.05, 0.1) is 11.9 Å². The lowest BCUT2D eigenvalue weighted by Crippen LogP contribution is -2.39. The van der Waals surface area contributed by atoms with Crippen LogP contribution >= 0.6 is 0 Å². The maximum absolute atomic E-state index is 12.1. The molecule has 1 aromatic heterocycles. The molecule has 0 aromatic carbocycles. The van der Waals surface area contributed by atoms with Crippen LogP contribution in [0.4, 0.5) is 5.69 Å². The van der Waals surface area contributed by atoms with E-state index in [1.807, 2.05) is 13.0 Å². The van der Waals surface area contributed by atoms with Gasteiger partial charge in [-0.1, -0.05) is 0 Å². The standard InChI is InChI=1S/C15H21N3O/c1-10-4-5-16-9-14(10)18-15(19)8-11-6-12-2-3-13(7-11)17-12/h4-5,9,11-13,17H,2-3,6-8H2,1H3,(H,18,19). The summed E-state index contributed by atoms with van der Waals surface area (Å²) in [6.07, 6.45) is 8.97. The van der Waals surface area contributed by atoms with Gasteiger partial charge < -0.3 is 10.6 Å². The first-order chi connectivity index (χ1) is 9.20. The largest absolute Gasteiger partial charge is 0.325 e. The van der Waals surface area contributed by atoms with E-state index < -0.39 is 0 Å². The summed E-state index contributed by atoms with van der Waals surface area (Å²) in [7, 11) is 0. The molecule has 2 atom stereocenters. The van der Waals surface area contributed by atoms with Crippen LogP contribution in [0.2, 0.25) is 0 Å². The van der Waals surface area contributed by atoms with Crippen molar-refractivity contribution in [3.63, 3.8) is 0 Å². The van der Waals surface area contributed by atoms with Gasteiger partial charge in [-0.05, 0) is 50.2 Å². The Bertz CT molecular complexity index is 462. The number of nitrogens with one attached hydrogen (secondary N) is 2. The molecule has 2 unspecified atom stereocenters. The third-order valence-corrected chi connectivity index (χ3v) is 4.36. The highest BCUT2D eigenvalue weighted by molar-refractivity contribution is 5.91. The molecule has 1 aromatic rings. The number of carbonyl (C=O) groups excluding carboxylic acids is 1. The summed E-state index contributed by atoms with van der Waals surface area (Å²) in [4.78, 5) is 16.2. The zero-order valence-electron chi connectivity index (χ0n) is 11.4. The number of hydrogen-bond donors (Lipinski definition) is 2. The number of carbonyl (C=O) groups is 1. The Morgan fingerprint density at radius 2 is 2.16 bits per heavy atom. The van der Waals surface area contributed by atoms with Gasteiger partial charge in [0.2, 0.25) is 5.91 Å². The maximum Gasteiger partial charge on any atom is 0.224 e. The van der Waals surface area contributed by atoms with Crippen LogP contribution in [0.5, 0.6) is 0 Å². The van der Waals surface area contributed by atoms with Gasteiger partial charge in [0.25, 0.3) is 0 Å². The van der Waals surface area contributed by atoms with Gasteiger partial charge in [0, 0.05) is 24.7 Å². The van der Waals surface area contributed by atoms with E-state index in [0.29, 0.717) is 24.4 Å². The van der Waals surface area contributed by atoms with Crippen molar-refractivity contribution >= 4 is 11.6 Å². The highest BCUT2D eigenvalue weighted by Crippen LogP contribution is 2.32. The van der Waals surface area contributed by atoms with Crippen molar-refractivity contribution in [3.8, 4) is 0 Å². The Morgan fingerprint density at radius 1 is 1.42 bits per heavy atom.